The van der Waals surface area contributed by atoms with Crippen molar-refractivity contribution in [3.63, 3.8) is 0 Å². The van der Waals surface area contributed by atoms with E-state index < -0.39 is 82.5 Å². The monoisotopic (exact) mass is 662 g/mol. The minimum atomic E-state index is -2.01. The topological polar surface area (TPSA) is 168 Å². The Bertz CT molecular complexity index is 1680. The predicted molar refractivity (Wildman–Crippen MR) is 165 cm³/mol. The van der Waals surface area contributed by atoms with E-state index >= 15 is 0 Å². The lowest BCUT2D eigenvalue weighted by molar-refractivity contribution is -0.349. The highest BCUT2D eigenvalue weighted by Crippen LogP contribution is 2.68. The summed E-state index contributed by atoms with van der Waals surface area (Å²) in [4.78, 5) is 53.6. The fourth-order valence-corrected chi connectivity index (χ4v) is 8.26. The molecule has 1 aromatic heterocycles. The number of esters is 4. The van der Waals surface area contributed by atoms with Crippen LogP contribution >= 0.6 is 0 Å². The van der Waals surface area contributed by atoms with Crippen LogP contribution in [0.4, 0.5) is 0 Å². The van der Waals surface area contributed by atoms with E-state index in [1.54, 1.807) is 62.4 Å². The molecule has 2 saturated carbocycles. The van der Waals surface area contributed by atoms with E-state index in [4.69, 9.17) is 28.1 Å². The lowest BCUT2D eigenvalue weighted by atomic mass is 9.46. The molecule has 2 heterocycles. The normalized spacial score (nSPS) is 34.7. The van der Waals surface area contributed by atoms with E-state index in [2.05, 4.69) is 0 Å². The molecule has 2 aliphatic carbocycles. The van der Waals surface area contributed by atoms with Gasteiger partial charge < -0.3 is 38.3 Å². The van der Waals surface area contributed by atoms with Crippen molar-refractivity contribution >= 4 is 23.9 Å². The quantitative estimate of drug-likeness (QED) is 0.277. The molecule has 3 aromatic rings. The van der Waals surface area contributed by atoms with E-state index in [-0.39, 0.29) is 23.3 Å². The Kier molecular flexibility index (Phi) is 8.25. The number of ether oxygens (including phenoxy) is 5. The van der Waals surface area contributed by atoms with Gasteiger partial charge in [0.25, 0.3) is 0 Å². The number of aliphatic hydroxyl groups excluding tert-OH is 1. The third-order valence-electron chi connectivity index (χ3n) is 10.1. The van der Waals surface area contributed by atoms with Crippen molar-refractivity contribution < 1.29 is 57.5 Å². The van der Waals surface area contributed by atoms with Gasteiger partial charge in [-0.3, -0.25) is 4.79 Å². The molecule has 48 heavy (non-hydrogen) atoms. The highest BCUT2D eigenvalue weighted by molar-refractivity contribution is 5.90. The van der Waals surface area contributed by atoms with Crippen molar-refractivity contribution in [2.75, 3.05) is 0 Å². The molecule has 9 atom stereocenters. The van der Waals surface area contributed by atoms with Gasteiger partial charge >= 0.3 is 23.9 Å². The maximum absolute atomic E-state index is 13.9. The summed E-state index contributed by atoms with van der Waals surface area (Å²) in [5.74, 6) is -4.51. The van der Waals surface area contributed by atoms with Crippen LogP contribution in [0.5, 0.6) is 0 Å². The van der Waals surface area contributed by atoms with Crippen molar-refractivity contribution in [3.05, 3.63) is 95.9 Å². The molecule has 5 unspecified atom stereocenters. The molecular formula is C36H38O12. The van der Waals surface area contributed by atoms with Gasteiger partial charge in [0, 0.05) is 13.3 Å². The summed E-state index contributed by atoms with van der Waals surface area (Å²) in [5.41, 5.74) is -6.91. The molecule has 2 N–H and O–H groups in total. The first kappa shape index (κ1) is 33.4. The summed E-state index contributed by atoms with van der Waals surface area (Å²) in [5, 5.41) is 24.8. The number of hydrogen-bond acceptors (Lipinski definition) is 12. The Morgan fingerprint density at radius 3 is 1.88 bits per heavy atom. The molecule has 6 rings (SSSR count). The predicted octanol–water partition coefficient (Wildman–Crippen LogP) is 3.89. The van der Waals surface area contributed by atoms with Crippen molar-refractivity contribution in [1.82, 2.24) is 0 Å². The molecule has 12 nitrogen and oxygen atoms in total. The summed E-state index contributed by atoms with van der Waals surface area (Å²) in [6.45, 7) is 7.40. The number of benzene rings is 2. The van der Waals surface area contributed by atoms with Gasteiger partial charge in [0.15, 0.2) is 12.2 Å². The number of carbonyl (C=O) groups is 4. The number of hydrogen-bond donors (Lipinski definition) is 2. The standard InChI is InChI=1S/C36H38O12/c1-20(37)44-28-24(45-32(41)23-17-12-18-43-23)19-34(4,42)36-27(38)25(33(2,3)48-36)26(46-30(39)21-13-8-6-9-14-21)29(35(28,36)5)47-31(40)22-15-10-7-11-16-22/h6-18,24-29,38,42H,19H2,1-5H3/t24?,25-,26?,27?,28?,29?,34+,35+,36+/m1/s1. The van der Waals surface area contributed by atoms with Crippen LogP contribution in [0, 0.1) is 11.3 Å². The van der Waals surface area contributed by atoms with Gasteiger partial charge in [-0.05, 0) is 64.1 Å². The second-order valence-corrected chi connectivity index (χ2v) is 13.6. The Morgan fingerprint density at radius 1 is 0.750 bits per heavy atom. The molecule has 254 valence electrons. The number of rotatable bonds is 7. The minimum absolute atomic E-state index is 0.148. The van der Waals surface area contributed by atoms with E-state index in [0.717, 1.165) is 6.92 Å². The maximum atomic E-state index is 13.9. The molecule has 3 aliphatic rings. The number of aliphatic hydroxyl groups is 2. The molecule has 1 aliphatic heterocycles. The molecule has 3 fully saturated rings. The summed E-state index contributed by atoms with van der Waals surface area (Å²) in [6.07, 6.45) is -6.47. The van der Waals surface area contributed by atoms with Gasteiger partial charge in [0.05, 0.1) is 46.0 Å². The Balaban J connectivity index is 1.56. The van der Waals surface area contributed by atoms with E-state index in [9.17, 15) is 29.4 Å². The minimum Gasteiger partial charge on any atom is -0.458 e. The molecule has 1 saturated heterocycles. The zero-order valence-electron chi connectivity index (χ0n) is 27.2. The van der Waals surface area contributed by atoms with E-state index in [0.29, 0.717) is 0 Å². The van der Waals surface area contributed by atoms with E-state index in [1.165, 1.54) is 44.4 Å². The highest BCUT2D eigenvalue weighted by atomic mass is 16.6. The van der Waals surface area contributed by atoms with Crippen LogP contribution in [0.15, 0.2) is 83.5 Å². The average molecular weight is 663 g/mol. The van der Waals surface area contributed by atoms with Crippen LogP contribution in [-0.2, 0) is 28.5 Å². The Labute approximate surface area is 276 Å². The molecule has 1 spiro atoms. The van der Waals surface area contributed by atoms with E-state index in [1.807, 2.05) is 0 Å². The van der Waals surface area contributed by atoms with Gasteiger partial charge in [0.2, 0.25) is 5.76 Å². The van der Waals surface area contributed by atoms with Crippen LogP contribution in [0.3, 0.4) is 0 Å². The Hall–Kier alpha value is -4.52. The van der Waals surface area contributed by atoms with Crippen molar-refractivity contribution in [3.8, 4) is 0 Å². The highest BCUT2D eigenvalue weighted by Gasteiger charge is 2.86. The Morgan fingerprint density at radius 2 is 1.33 bits per heavy atom. The van der Waals surface area contributed by atoms with Gasteiger partial charge in [-0.25, -0.2) is 14.4 Å². The summed E-state index contributed by atoms with van der Waals surface area (Å²) >= 11 is 0. The average Bonchev–Trinajstić information content (AvgIpc) is 3.64. The summed E-state index contributed by atoms with van der Waals surface area (Å²) in [6, 6.07) is 19.1. The third kappa shape index (κ3) is 5.10. The summed E-state index contributed by atoms with van der Waals surface area (Å²) < 4.78 is 36.2. The van der Waals surface area contributed by atoms with Crippen LogP contribution in [0.1, 0.15) is 72.3 Å². The molecule has 0 amide bonds. The second kappa shape index (κ2) is 11.9. The van der Waals surface area contributed by atoms with Crippen LogP contribution in [0.2, 0.25) is 0 Å². The maximum Gasteiger partial charge on any atom is 0.374 e. The summed E-state index contributed by atoms with van der Waals surface area (Å²) in [7, 11) is 0. The number of fused-ring (bicyclic) bond motifs is 1. The molecular weight excluding hydrogens is 624 g/mol. The first-order valence-corrected chi connectivity index (χ1v) is 15.7. The first-order chi connectivity index (χ1) is 22.6. The molecule has 2 bridgehead atoms. The SMILES string of the molecule is CC(=O)OC1C(OC(=O)c2ccco2)C[C@](C)(O)[C@]23OC(C)(C)[C@H](C(OC(=O)c4ccccc4)C(OC(=O)c4ccccc4)[C@]12C)C3O. The molecule has 0 radical (unpaired) electrons. The van der Waals surface area contributed by atoms with Gasteiger partial charge in [-0.15, -0.1) is 0 Å². The molecule has 2 aromatic carbocycles. The van der Waals surface area contributed by atoms with Crippen molar-refractivity contribution in [1.29, 1.82) is 0 Å². The van der Waals surface area contributed by atoms with Crippen molar-refractivity contribution in [2.24, 2.45) is 11.3 Å². The van der Waals surface area contributed by atoms with Gasteiger partial charge in [-0.2, -0.15) is 0 Å². The van der Waals surface area contributed by atoms with Crippen LogP contribution < -0.4 is 0 Å². The largest absolute Gasteiger partial charge is 0.458 e. The lowest BCUT2D eigenvalue weighted by Gasteiger charge is -2.65. The van der Waals surface area contributed by atoms with Crippen LogP contribution in [-0.4, -0.2) is 81.4 Å². The fraction of sp³-hybridized carbons (Fsp3) is 0.444. The van der Waals surface area contributed by atoms with Gasteiger partial charge in [0.1, 0.15) is 17.8 Å². The zero-order valence-corrected chi connectivity index (χ0v) is 27.2. The van der Waals surface area contributed by atoms with Gasteiger partial charge in [-0.1, -0.05) is 36.4 Å². The van der Waals surface area contributed by atoms with Crippen molar-refractivity contribution in [2.45, 2.75) is 88.4 Å². The third-order valence-corrected chi connectivity index (χ3v) is 10.1. The molecule has 12 heteroatoms. The fourth-order valence-electron chi connectivity index (χ4n) is 8.26. The first-order valence-electron chi connectivity index (χ1n) is 15.7. The van der Waals surface area contributed by atoms with Crippen LogP contribution in [0.25, 0.3) is 0 Å². The number of furan rings is 1. The zero-order chi connectivity index (χ0) is 34.6. The lowest BCUT2D eigenvalue weighted by Crippen LogP contribution is -2.83. The smallest absolute Gasteiger partial charge is 0.374 e. The number of carbonyl (C=O) groups excluding carboxylic acids is 4. The second-order valence-electron chi connectivity index (χ2n) is 13.6.